The van der Waals surface area contributed by atoms with Gasteiger partial charge in [0.15, 0.2) is 0 Å². The Kier molecular flexibility index (Phi) is 12.3. The van der Waals surface area contributed by atoms with Crippen LogP contribution in [0.5, 0.6) is 0 Å². The minimum absolute atomic E-state index is 0.0583. The Bertz CT molecular complexity index is 1810. The summed E-state index contributed by atoms with van der Waals surface area (Å²) < 4.78 is 0. The lowest BCUT2D eigenvalue weighted by Gasteiger charge is -2.41. The summed E-state index contributed by atoms with van der Waals surface area (Å²) in [7, 11) is -0.705. The van der Waals surface area contributed by atoms with Crippen molar-refractivity contribution in [2.45, 2.75) is 129 Å². The van der Waals surface area contributed by atoms with E-state index in [4.69, 9.17) is 0 Å². The quantitative estimate of drug-likeness (QED) is 0.0981. The molecule has 0 aromatic heterocycles. The second kappa shape index (κ2) is 16.7. The Morgan fingerprint density at radius 3 is 1.04 bits per heavy atom. The van der Waals surface area contributed by atoms with Crippen molar-refractivity contribution >= 4 is 19.0 Å². The van der Waals surface area contributed by atoms with Crippen molar-refractivity contribution in [2.75, 3.05) is 0 Å². The van der Waals surface area contributed by atoms with E-state index in [1.807, 2.05) is 0 Å². The second-order valence-corrected chi connectivity index (χ2v) is 19.9. The minimum atomic E-state index is -0.705. The molecule has 0 radical (unpaired) electrons. The van der Waals surface area contributed by atoms with Gasteiger partial charge in [-0.25, -0.2) is 0 Å². The van der Waals surface area contributed by atoms with E-state index in [0.717, 1.165) is 0 Å². The third kappa shape index (κ3) is 7.89. The first kappa shape index (κ1) is 38.9. The van der Waals surface area contributed by atoms with Crippen molar-refractivity contribution in [3.05, 3.63) is 171 Å². The predicted octanol–water partition coefficient (Wildman–Crippen LogP) is 13.8. The van der Waals surface area contributed by atoms with Crippen molar-refractivity contribution in [2.24, 2.45) is 0 Å². The Hall–Kier alpha value is -3.80. The molecule has 0 saturated carbocycles. The maximum absolute atomic E-state index is 13.3. The minimum Gasteiger partial charge on any atom is -0.300 e. The van der Waals surface area contributed by atoms with Gasteiger partial charge in [-0.3, -0.25) is 4.79 Å². The van der Waals surface area contributed by atoms with Crippen molar-refractivity contribution in [1.29, 1.82) is 0 Å². The van der Waals surface area contributed by atoms with Gasteiger partial charge in [0.1, 0.15) is 5.78 Å². The standard InChI is InChI=1S/C51H61OP/c1-32(2)41-24-17-25-42(33(3)4)49(41)47(38-20-13-11-14-21-38)45-28-19-29-46(51(45)53-36(9)30-40(52)31-37(53)10)48(39-22-15-12-16-23-39)50-43(34(5)6)26-18-27-44(50)35(7)8/h11-29,32-37,47-48H,30-31H2,1-10H3. The fraction of sp³-hybridized carbons (Fsp3) is 0.392. The molecule has 0 N–H and O–H groups in total. The summed E-state index contributed by atoms with van der Waals surface area (Å²) in [6, 6.07) is 43.9. The summed E-state index contributed by atoms with van der Waals surface area (Å²) in [5.74, 6) is 2.04. The van der Waals surface area contributed by atoms with Gasteiger partial charge in [0.05, 0.1) is 0 Å². The number of hydrogen-bond acceptors (Lipinski definition) is 1. The Morgan fingerprint density at radius 1 is 0.434 bits per heavy atom. The molecule has 1 saturated heterocycles. The monoisotopic (exact) mass is 720 g/mol. The van der Waals surface area contributed by atoms with Gasteiger partial charge in [0.25, 0.3) is 0 Å². The summed E-state index contributed by atoms with van der Waals surface area (Å²) in [5, 5.41) is 1.53. The molecule has 6 rings (SSSR count). The van der Waals surface area contributed by atoms with E-state index in [1.54, 1.807) is 0 Å². The third-order valence-corrected chi connectivity index (χ3v) is 15.0. The zero-order chi connectivity index (χ0) is 38.0. The molecule has 5 aromatic rings. The van der Waals surface area contributed by atoms with Crippen LogP contribution in [0.1, 0.15) is 173 Å². The lowest BCUT2D eigenvalue weighted by molar-refractivity contribution is -0.119. The largest absolute Gasteiger partial charge is 0.300 e. The number of ketones is 1. The van der Waals surface area contributed by atoms with E-state index in [2.05, 4.69) is 184 Å². The van der Waals surface area contributed by atoms with Crippen LogP contribution in [0.15, 0.2) is 115 Å². The number of rotatable bonds is 11. The van der Waals surface area contributed by atoms with Gasteiger partial charge >= 0.3 is 0 Å². The average Bonchev–Trinajstić information content (AvgIpc) is 3.13. The van der Waals surface area contributed by atoms with Gasteiger partial charge in [0.2, 0.25) is 0 Å². The van der Waals surface area contributed by atoms with Gasteiger partial charge in [-0.1, -0.05) is 192 Å². The molecule has 1 fully saturated rings. The van der Waals surface area contributed by atoms with Crippen LogP contribution >= 0.6 is 7.92 Å². The maximum atomic E-state index is 13.3. The van der Waals surface area contributed by atoms with Crippen LogP contribution in [0.2, 0.25) is 0 Å². The number of carbonyl (C=O) groups excluding carboxylic acids is 1. The van der Waals surface area contributed by atoms with Crippen molar-refractivity contribution < 1.29 is 4.79 Å². The highest BCUT2D eigenvalue weighted by molar-refractivity contribution is 7.67. The summed E-state index contributed by atoms with van der Waals surface area (Å²) in [4.78, 5) is 13.3. The molecule has 53 heavy (non-hydrogen) atoms. The molecule has 276 valence electrons. The van der Waals surface area contributed by atoms with Crippen LogP contribution < -0.4 is 5.30 Å². The highest BCUT2D eigenvalue weighted by Gasteiger charge is 2.40. The topological polar surface area (TPSA) is 17.1 Å². The van der Waals surface area contributed by atoms with E-state index >= 15 is 0 Å². The van der Waals surface area contributed by atoms with Gasteiger partial charge < -0.3 is 0 Å². The first-order chi connectivity index (χ1) is 25.4. The highest BCUT2D eigenvalue weighted by atomic mass is 31.1. The molecule has 1 nitrogen and oxygen atoms in total. The molecule has 4 atom stereocenters. The number of benzene rings is 5. The number of hydrogen-bond donors (Lipinski definition) is 0. The third-order valence-electron chi connectivity index (χ3n) is 11.7. The van der Waals surface area contributed by atoms with Crippen molar-refractivity contribution in [3.8, 4) is 0 Å². The zero-order valence-electron chi connectivity index (χ0n) is 33.9. The lowest BCUT2D eigenvalue weighted by atomic mass is 9.73. The normalized spacial score (nSPS) is 19.0. The lowest BCUT2D eigenvalue weighted by Crippen LogP contribution is -2.34. The number of Topliss-reactive ketones (excluding diaryl/α,β-unsaturated/α-hetero) is 1. The van der Waals surface area contributed by atoms with Crippen LogP contribution in [0.25, 0.3) is 0 Å². The first-order valence-electron chi connectivity index (χ1n) is 20.2. The maximum Gasteiger partial charge on any atom is 0.134 e. The molecular weight excluding hydrogens is 660 g/mol. The molecule has 2 heteroatoms. The van der Waals surface area contributed by atoms with Crippen LogP contribution in [0, 0.1) is 0 Å². The second-order valence-electron chi connectivity index (χ2n) is 16.8. The fourth-order valence-corrected chi connectivity index (χ4v) is 12.9. The van der Waals surface area contributed by atoms with Gasteiger partial charge in [0, 0.05) is 24.7 Å². The van der Waals surface area contributed by atoms with Gasteiger partial charge in [-0.2, -0.15) is 0 Å². The molecule has 1 aliphatic heterocycles. The van der Waals surface area contributed by atoms with E-state index in [9.17, 15) is 4.79 Å². The summed E-state index contributed by atoms with van der Waals surface area (Å²) in [5.41, 5.74) is 14.8. The van der Waals surface area contributed by atoms with Crippen LogP contribution in [-0.2, 0) is 4.79 Å². The van der Waals surface area contributed by atoms with Gasteiger partial charge in [-0.15, -0.1) is 0 Å². The molecule has 0 spiro atoms. The van der Waals surface area contributed by atoms with Crippen LogP contribution in [0.4, 0.5) is 0 Å². The molecular formula is C51H61OP. The Balaban J connectivity index is 1.81. The average molecular weight is 721 g/mol. The first-order valence-corrected chi connectivity index (χ1v) is 21.7. The molecule has 1 heterocycles. The molecule has 4 unspecified atom stereocenters. The fourth-order valence-electron chi connectivity index (χ4n) is 9.34. The molecule has 0 bridgehead atoms. The van der Waals surface area contributed by atoms with Gasteiger partial charge in [-0.05, 0) is 95.9 Å². The smallest absolute Gasteiger partial charge is 0.134 e. The molecule has 1 aliphatic rings. The summed E-state index contributed by atoms with van der Waals surface area (Å²) in [6.45, 7) is 23.6. The zero-order valence-corrected chi connectivity index (χ0v) is 34.8. The van der Waals surface area contributed by atoms with Crippen LogP contribution in [-0.4, -0.2) is 17.1 Å². The molecule has 5 aromatic carbocycles. The van der Waals surface area contributed by atoms with E-state index < -0.39 is 7.92 Å². The predicted molar refractivity (Wildman–Crippen MR) is 230 cm³/mol. The summed E-state index contributed by atoms with van der Waals surface area (Å²) >= 11 is 0. The van der Waals surface area contributed by atoms with Crippen molar-refractivity contribution in [3.63, 3.8) is 0 Å². The number of carbonyl (C=O) groups is 1. The highest BCUT2D eigenvalue weighted by Crippen LogP contribution is 2.56. The summed E-state index contributed by atoms with van der Waals surface area (Å²) in [6.07, 6.45) is 1.32. The Morgan fingerprint density at radius 2 is 0.736 bits per heavy atom. The Labute approximate surface area is 322 Å². The van der Waals surface area contributed by atoms with E-state index in [-0.39, 0.29) is 11.8 Å². The van der Waals surface area contributed by atoms with E-state index in [0.29, 0.717) is 53.6 Å². The SMILES string of the molecule is CC(C)c1cccc(C(C)C)c1C(c1ccccc1)c1cccc(C(c2ccccc2)c2c(C(C)C)cccc2C(C)C)c1P1C(C)CC(=O)CC1C. The van der Waals surface area contributed by atoms with E-state index in [1.165, 1.54) is 60.9 Å². The van der Waals surface area contributed by atoms with Crippen molar-refractivity contribution in [1.82, 2.24) is 0 Å². The van der Waals surface area contributed by atoms with Crippen LogP contribution in [0.3, 0.4) is 0 Å². The molecule has 0 amide bonds. The molecule has 0 aliphatic carbocycles.